The minimum absolute atomic E-state index is 0.0424. The quantitative estimate of drug-likeness (QED) is 0.107. The fourth-order valence-corrected chi connectivity index (χ4v) is 9.39. The molecule has 3 saturated heterocycles. The van der Waals surface area contributed by atoms with Crippen molar-refractivity contribution in [1.82, 2.24) is 30.1 Å². The number of hydrogen-bond donors (Lipinski definition) is 4. The summed E-state index contributed by atoms with van der Waals surface area (Å²) in [6, 6.07) is 21.2. The lowest BCUT2D eigenvalue weighted by Crippen LogP contribution is -2.49. The third-order valence-electron chi connectivity index (χ3n) is 13.3. The van der Waals surface area contributed by atoms with Gasteiger partial charge >= 0.3 is 6.03 Å². The number of anilines is 2. The van der Waals surface area contributed by atoms with Crippen molar-refractivity contribution < 1.29 is 37.8 Å². The van der Waals surface area contributed by atoms with Crippen molar-refractivity contribution in [2.75, 3.05) is 50.1 Å². The monoisotopic (exact) mass is 896 g/mol. The second-order valence-corrected chi connectivity index (χ2v) is 18.1. The second kappa shape index (κ2) is 17.4. The number of nitrogens with zero attached hydrogens (tertiary/aromatic N) is 5. The van der Waals surface area contributed by atoms with Crippen LogP contribution in [-0.4, -0.2) is 93.4 Å². The van der Waals surface area contributed by atoms with Gasteiger partial charge < -0.3 is 25.0 Å². The molecule has 3 aliphatic heterocycles. The number of aromatic nitrogens is 3. The maximum Gasteiger partial charge on any atom is 0.328 e. The highest BCUT2D eigenvalue weighted by Gasteiger charge is 2.42. The number of fused-ring (bicyclic) bond motifs is 1. The van der Waals surface area contributed by atoms with Crippen LogP contribution in [0.25, 0.3) is 33.5 Å². The van der Waals surface area contributed by atoms with Gasteiger partial charge in [-0.05, 0) is 129 Å². The summed E-state index contributed by atoms with van der Waals surface area (Å²) in [5.74, 6) is -2.15. The number of benzene rings is 4. The first-order chi connectivity index (χ1) is 31.6. The van der Waals surface area contributed by atoms with Crippen molar-refractivity contribution in [2.24, 2.45) is 5.41 Å². The maximum absolute atomic E-state index is 15.2. The van der Waals surface area contributed by atoms with E-state index in [0.717, 1.165) is 61.8 Å². The highest BCUT2D eigenvalue weighted by molar-refractivity contribution is 6.07. The highest BCUT2D eigenvalue weighted by atomic mass is 19.1. The van der Waals surface area contributed by atoms with Crippen molar-refractivity contribution >= 4 is 46.2 Å². The third-order valence-corrected chi connectivity index (χ3v) is 13.3. The number of carbonyl (C=O) groups is 4. The van der Waals surface area contributed by atoms with E-state index in [1.165, 1.54) is 56.4 Å². The smallest absolute Gasteiger partial charge is 0.328 e. The standard InChI is InChI=1S/C50H50F2N8O6/c1-29-36(23-34(51)24-39(29)56-46(62)35-11-10-33(22-38(35)52)49(2,3)65)44-37-25-40(55-45(37)54-28-53-44)31-7-5-30(6-8-31)26-58-18-14-50(15-19-58)16-20-59(27-50)47(63)32-9-12-42(66-4)41(21-32)60-17-13-43(61)57-48(60)64/h5-12,21-25,28,65H,13-20,26-27H2,1-4H3,(H,56,62)(H,53,54,55)(H,57,61,64). The number of urea groups is 1. The van der Waals surface area contributed by atoms with Gasteiger partial charge in [-0.15, -0.1) is 0 Å². The van der Waals surface area contributed by atoms with Gasteiger partial charge in [0.15, 0.2) is 0 Å². The van der Waals surface area contributed by atoms with E-state index in [9.17, 15) is 24.3 Å². The molecule has 66 heavy (non-hydrogen) atoms. The zero-order valence-electron chi connectivity index (χ0n) is 37.1. The van der Waals surface area contributed by atoms with E-state index in [0.29, 0.717) is 63.5 Å². The van der Waals surface area contributed by atoms with Gasteiger partial charge in [-0.1, -0.05) is 30.3 Å². The molecule has 1 spiro atoms. The average Bonchev–Trinajstić information content (AvgIpc) is 3.93. The van der Waals surface area contributed by atoms with E-state index in [4.69, 9.17) is 4.74 Å². The predicted molar refractivity (Wildman–Crippen MR) is 245 cm³/mol. The lowest BCUT2D eigenvalue weighted by Gasteiger charge is -2.39. The van der Waals surface area contributed by atoms with E-state index < -0.39 is 29.2 Å². The minimum Gasteiger partial charge on any atom is -0.495 e. The van der Waals surface area contributed by atoms with Crippen LogP contribution in [0.5, 0.6) is 5.75 Å². The summed E-state index contributed by atoms with van der Waals surface area (Å²) in [6.45, 7) is 8.89. The third kappa shape index (κ3) is 8.73. The molecule has 0 saturated carbocycles. The number of methoxy groups -OCH3 is 1. The van der Waals surface area contributed by atoms with Crippen molar-refractivity contribution in [1.29, 1.82) is 0 Å². The number of ether oxygens (including phenoxy) is 1. The Labute approximate surface area is 380 Å². The van der Waals surface area contributed by atoms with E-state index in [-0.39, 0.29) is 41.4 Å². The summed E-state index contributed by atoms with van der Waals surface area (Å²) in [4.78, 5) is 69.5. The van der Waals surface area contributed by atoms with Crippen molar-refractivity contribution in [3.63, 3.8) is 0 Å². The Morgan fingerprint density at radius 2 is 1.68 bits per heavy atom. The Hall–Kier alpha value is -7.04. The lowest BCUT2D eigenvalue weighted by molar-refractivity contribution is -0.120. The molecule has 2 aromatic heterocycles. The van der Waals surface area contributed by atoms with Gasteiger partial charge in [-0.3, -0.25) is 29.5 Å². The number of likely N-dealkylation sites (tertiary alicyclic amines) is 2. The minimum atomic E-state index is -1.29. The van der Waals surface area contributed by atoms with Gasteiger partial charge in [-0.25, -0.2) is 23.5 Å². The Bertz CT molecular complexity index is 2900. The number of imide groups is 1. The molecule has 16 heteroatoms. The van der Waals surface area contributed by atoms with E-state index in [1.54, 1.807) is 25.1 Å². The van der Waals surface area contributed by atoms with E-state index in [1.807, 2.05) is 11.0 Å². The van der Waals surface area contributed by atoms with Gasteiger partial charge in [0.25, 0.3) is 11.8 Å². The second-order valence-electron chi connectivity index (χ2n) is 18.1. The molecule has 0 radical (unpaired) electrons. The number of amides is 5. The van der Waals surface area contributed by atoms with Gasteiger partial charge in [0.2, 0.25) is 5.91 Å². The first kappa shape index (κ1) is 44.2. The molecule has 14 nitrogen and oxygen atoms in total. The van der Waals surface area contributed by atoms with Crippen LogP contribution in [0.4, 0.5) is 25.0 Å². The van der Waals surface area contributed by atoms with Crippen LogP contribution < -0.4 is 20.3 Å². The molecular formula is C50H50F2N8O6. The van der Waals surface area contributed by atoms with Crippen LogP contribution in [-0.2, 0) is 16.9 Å². The van der Waals surface area contributed by atoms with Crippen LogP contribution in [0.2, 0.25) is 0 Å². The summed E-state index contributed by atoms with van der Waals surface area (Å²) >= 11 is 0. The summed E-state index contributed by atoms with van der Waals surface area (Å²) < 4.78 is 35.7. The molecular weight excluding hydrogens is 847 g/mol. The fraction of sp³-hybridized carbons (Fsp3) is 0.320. The molecule has 9 rings (SSSR count). The number of hydrogen-bond acceptors (Lipinski definition) is 9. The Kier molecular flexibility index (Phi) is 11.6. The van der Waals surface area contributed by atoms with Crippen LogP contribution in [0.1, 0.15) is 76.9 Å². The van der Waals surface area contributed by atoms with E-state index >= 15 is 8.78 Å². The highest BCUT2D eigenvalue weighted by Crippen LogP contribution is 2.42. The predicted octanol–water partition coefficient (Wildman–Crippen LogP) is 7.94. The number of nitrogens with one attached hydrogen (secondary N) is 3. The first-order valence-electron chi connectivity index (χ1n) is 22.0. The summed E-state index contributed by atoms with van der Waals surface area (Å²) in [5, 5.41) is 15.9. The molecule has 5 heterocycles. The molecule has 0 unspecified atom stereocenters. The average molecular weight is 897 g/mol. The number of halogens is 2. The van der Waals surface area contributed by atoms with Crippen LogP contribution in [0.15, 0.2) is 85.2 Å². The SMILES string of the molecule is COc1ccc(C(=O)N2CCC3(CCN(Cc4ccc(-c5cc6c(-c7cc(F)cc(NC(=O)c8ccc(C(C)(C)O)cc8F)c7C)ncnc6[nH]5)cc4)CC3)C2)cc1N1CCC(=O)NC1=O. The van der Waals surface area contributed by atoms with Crippen molar-refractivity contribution in [3.05, 3.63) is 125 Å². The summed E-state index contributed by atoms with van der Waals surface area (Å²) in [5.41, 5.74) is 4.77. The van der Waals surface area contributed by atoms with Crippen molar-refractivity contribution in [3.8, 4) is 28.3 Å². The number of piperidine rings is 1. The number of aromatic amines is 1. The van der Waals surface area contributed by atoms with Gasteiger partial charge in [0.05, 0.1) is 29.7 Å². The molecule has 3 fully saturated rings. The van der Waals surface area contributed by atoms with E-state index in [2.05, 4.69) is 54.8 Å². The molecule has 6 aromatic rings. The zero-order valence-corrected chi connectivity index (χ0v) is 37.1. The van der Waals surface area contributed by atoms with Gasteiger partial charge in [-0.2, -0.15) is 0 Å². The van der Waals surface area contributed by atoms with Gasteiger partial charge in [0, 0.05) is 60.5 Å². The fourth-order valence-electron chi connectivity index (χ4n) is 9.39. The molecule has 3 aliphatic rings. The van der Waals surface area contributed by atoms with Crippen LogP contribution in [0, 0.1) is 24.0 Å². The molecule has 5 amide bonds. The number of carbonyl (C=O) groups excluding carboxylic acids is 4. The Balaban J connectivity index is 0.836. The molecule has 0 bridgehead atoms. The summed E-state index contributed by atoms with van der Waals surface area (Å²) in [7, 11) is 1.51. The Morgan fingerprint density at radius 3 is 2.39 bits per heavy atom. The summed E-state index contributed by atoms with van der Waals surface area (Å²) in [6.07, 6.45) is 4.43. The first-order valence-corrected chi connectivity index (χ1v) is 22.0. The number of H-pyrrole nitrogens is 1. The lowest BCUT2D eigenvalue weighted by atomic mass is 9.77. The maximum atomic E-state index is 15.2. The Morgan fingerprint density at radius 1 is 0.924 bits per heavy atom. The topological polar surface area (TPSA) is 173 Å². The molecule has 4 aromatic carbocycles. The molecule has 0 atom stereocenters. The van der Waals surface area contributed by atoms with Crippen molar-refractivity contribution in [2.45, 2.75) is 58.6 Å². The molecule has 0 aliphatic carbocycles. The molecule has 4 N–H and O–H groups in total. The van der Waals surface area contributed by atoms with Crippen LogP contribution in [0.3, 0.4) is 0 Å². The largest absolute Gasteiger partial charge is 0.495 e. The normalized spacial score (nSPS) is 16.5. The van der Waals surface area contributed by atoms with Crippen LogP contribution >= 0.6 is 0 Å². The van der Waals surface area contributed by atoms with Gasteiger partial charge in [0.1, 0.15) is 29.4 Å². The molecule has 340 valence electrons. The zero-order chi connectivity index (χ0) is 46.5. The number of aliphatic hydroxyl groups is 1. The number of rotatable bonds is 10.